The molecule has 0 fully saturated rings. The molecule has 11 heteroatoms. The molecule has 3 aromatic heterocycles. The van der Waals surface area contributed by atoms with Gasteiger partial charge in [0, 0.05) is 26.9 Å². The number of aromatic nitrogens is 4. The minimum Gasteiger partial charge on any atom is -0.302 e. The molecule has 0 aliphatic heterocycles. The van der Waals surface area contributed by atoms with E-state index in [0.717, 1.165) is 17.3 Å². The molecule has 29 heavy (non-hydrogen) atoms. The van der Waals surface area contributed by atoms with E-state index in [-0.39, 0.29) is 16.6 Å². The molecule has 4 aromatic rings. The van der Waals surface area contributed by atoms with Crippen LogP contribution in [0.3, 0.4) is 0 Å². The van der Waals surface area contributed by atoms with Crippen molar-refractivity contribution in [2.24, 2.45) is 0 Å². The molecule has 0 saturated carbocycles. The monoisotopic (exact) mass is 434 g/mol. The summed E-state index contributed by atoms with van der Waals surface area (Å²) >= 11 is 1.30. The predicted octanol–water partition coefficient (Wildman–Crippen LogP) is 3.37. The quantitative estimate of drug-likeness (QED) is 0.427. The summed E-state index contributed by atoms with van der Waals surface area (Å²) in [5.41, 5.74) is 3.10. The van der Waals surface area contributed by atoms with Crippen molar-refractivity contribution in [1.29, 1.82) is 0 Å². The first-order valence-electron chi connectivity index (χ1n) is 8.49. The Hall–Kier alpha value is -3.31. The second kappa shape index (κ2) is 7.60. The lowest BCUT2D eigenvalue weighted by Gasteiger charge is -2.06. The van der Waals surface area contributed by atoms with Crippen LogP contribution in [-0.2, 0) is 21.2 Å². The van der Waals surface area contributed by atoms with Crippen molar-refractivity contribution < 1.29 is 17.5 Å². The average Bonchev–Trinajstić information content (AvgIpc) is 3.27. The maximum absolute atomic E-state index is 12.4. The summed E-state index contributed by atoms with van der Waals surface area (Å²) in [7, 11) is -3.38. The minimum absolute atomic E-state index is 0. The molecule has 0 unspecified atom stereocenters. The van der Waals surface area contributed by atoms with Gasteiger partial charge in [-0.2, -0.15) is 5.10 Å². The predicted molar refractivity (Wildman–Crippen MR) is 119 cm³/mol. The third-order valence-electron chi connectivity index (χ3n) is 3.93. The van der Waals surface area contributed by atoms with Gasteiger partial charge in [-0.3, -0.25) is 14.6 Å². The highest BCUT2D eigenvalue weighted by Crippen LogP contribution is 2.28. The van der Waals surface area contributed by atoms with Crippen LogP contribution in [0.1, 0.15) is 9.84 Å². The molecular formula is C18H22N6O3S2. The molecule has 1 amide bonds. The van der Waals surface area contributed by atoms with Gasteiger partial charge in [0.2, 0.25) is 15.9 Å². The Morgan fingerprint density at radius 2 is 2.14 bits per heavy atom. The van der Waals surface area contributed by atoms with E-state index in [1.807, 2.05) is 17.5 Å². The number of carbonyl (C=O) groups is 1. The van der Waals surface area contributed by atoms with Crippen molar-refractivity contribution in [2.45, 2.75) is 6.42 Å². The van der Waals surface area contributed by atoms with Crippen molar-refractivity contribution >= 4 is 49.1 Å². The Morgan fingerprint density at radius 3 is 2.97 bits per heavy atom. The molecule has 0 aliphatic rings. The van der Waals surface area contributed by atoms with E-state index in [4.69, 9.17) is 0 Å². The maximum atomic E-state index is 12.4. The number of rotatable bonds is 6. The summed E-state index contributed by atoms with van der Waals surface area (Å²) in [4.78, 5) is 21.0. The van der Waals surface area contributed by atoms with Gasteiger partial charge in [0.15, 0.2) is 10.8 Å². The smallest absolute Gasteiger partial charge is 0.230 e. The summed E-state index contributed by atoms with van der Waals surface area (Å²) < 4.78 is 25.1. The first kappa shape index (κ1) is 19.0. The number of aromatic amines is 1. The van der Waals surface area contributed by atoms with Crippen LogP contribution in [0.15, 0.2) is 48.0 Å². The molecule has 4 rings (SSSR count). The van der Waals surface area contributed by atoms with Crippen LogP contribution in [0.25, 0.3) is 22.4 Å². The van der Waals surface area contributed by atoms with Crippen LogP contribution in [0.4, 0.5) is 10.8 Å². The molecule has 0 aliphatic carbocycles. The standard InChI is InChI=1S/C18H16N6O3S2.3H2/c1-29(26,27)24-12-5-2-4-11(8-12)9-15(25)21-18-20-14(10-28-18)16-13-6-3-7-19-17(13)23-22-16;;;/h2-8,10,24H,9H2,1H3,(H,19,22,23)(H,20,21,25);3*1H. The fourth-order valence-electron chi connectivity index (χ4n) is 2.80. The molecule has 3 heterocycles. The Bertz CT molecular complexity index is 1310. The molecular weight excluding hydrogens is 412 g/mol. The zero-order valence-electron chi connectivity index (χ0n) is 15.2. The zero-order chi connectivity index (χ0) is 20.4. The molecule has 0 saturated heterocycles. The van der Waals surface area contributed by atoms with Crippen molar-refractivity contribution in [2.75, 3.05) is 16.3 Å². The summed E-state index contributed by atoms with van der Waals surface area (Å²) in [5, 5.41) is 13.0. The fraction of sp³-hybridized carbons (Fsp3) is 0.111. The van der Waals surface area contributed by atoms with E-state index in [9.17, 15) is 13.2 Å². The number of hydrogen-bond donors (Lipinski definition) is 3. The van der Waals surface area contributed by atoms with Crippen LogP contribution >= 0.6 is 11.3 Å². The molecule has 0 spiro atoms. The lowest BCUT2D eigenvalue weighted by atomic mass is 10.1. The van der Waals surface area contributed by atoms with E-state index in [0.29, 0.717) is 27.7 Å². The third-order valence-corrected chi connectivity index (χ3v) is 5.30. The van der Waals surface area contributed by atoms with Gasteiger partial charge < -0.3 is 5.32 Å². The second-order valence-corrected chi connectivity index (χ2v) is 8.92. The van der Waals surface area contributed by atoms with E-state index in [2.05, 4.69) is 30.2 Å². The number of nitrogens with one attached hydrogen (secondary N) is 3. The highest BCUT2D eigenvalue weighted by molar-refractivity contribution is 7.92. The number of benzene rings is 1. The molecule has 0 radical (unpaired) electrons. The molecule has 0 atom stereocenters. The Morgan fingerprint density at radius 1 is 1.28 bits per heavy atom. The van der Waals surface area contributed by atoms with E-state index in [1.165, 1.54) is 11.3 Å². The number of anilines is 2. The summed E-state index contributed by atoms with van der Waals surface area (Å²) in [6.07, 6.45) is 2.83. The highest BCUT2D eigenvalue weighted by Gasteiger charge is 2.13. The van der Waals surface area contributed by atoms with Gasteiger partial charge in [-0.1, -0.05) is 12.1 Å². The van der Waals surface area contributed by atoms with Crippen LogP contribution < -0.4 is 10.0 Å². The first-order chi connectivity index (χ1) is 13.9. The number of sulfonamides is 1. The van der Waals surface area contributed by atoms with Crippen molar-refractivity contribution in [3.63, 3.8) is 0 Å². The van der Waals surface area contributed by atoms with Crippen LogP contribution in [0, 0.1) is 0 Å². The van der Waals surface area contributed by atoms with Crippen molar-refractivity contribution in [3.05, 3.63) is 53.5 Å². The van der Waals surface area contributed by atoms with Gasteiger partial charge >= 0.3 is 0 Å². The van der Waals surface area contributed by atoms with Crippen molar-refractivity contribution in [1.82, 2.24) is 20.2 Å². The molecule has 1 aromatic carbocycles. The molecule has 154 valence electrons. The number of amides is 1. The topological polar surface area (TPSA) is 130 Å². The van der Waals surface area contributed by atoms with E-state index in [1.54, 1.807) is 30.5 Å². The number of thiazole rings is 1. The summed E-state index contributed by atoms with van der Waals surface area (Å²) in [6.45, 7) is 0. The SMILES string of the molecule is CS(=O)(=O)Nc1cccc(CC(=O)Nc2nc(-c3[nH]nc4ncccc34)cs2)c1.[HH].[HH].[HH]. The van der Waals surface area contributed by atoms with Crippen molar-refractivity contribution in [3.8, 4) is 11.4 Å². The molecule has 3 N–H and O–H groups in total. The largest absolute Gasteiger partial charge is 0.302 e. The van der Waals surface area contributed by atoms with Crippen LogP contribution in [0.2, 0.25) is 0 Å². The van der Waals surface area contributed by atoms with E-state index < -0.39 is 10.0 Å². The fourth-order valence-corrected chi connectivity index (χ4v) is 4.07. The maximum Gasteiger partial charge on any atom is 0.230 e. The van der Waals surface area contributed by atoms with Gasteiger partial charge in [0.1, 0.15) is 5.69 Å². The Labute approximate surface area is 174 Å². The lowest BCUT2D eigenvalue weighted by Crippen LogP contribution is -2.15. The van der Waals surface area contributed by atoms with Gasteiger partial charge in [-0.05, 0) is 29.8 Å². The highest BCUT2D eigenvalue weighted by atomic mass is 32.2. The lowest BCUT2D eigenvalue weighted by molar-refractivity contribution is -0.115. The number of carbonyl (C=O) groups excluding carboxylic acids is 1. The number of fused-ring (bicyclic) bond motifs is 1. The van der Waals surface area contributed by atoms with Gasteiger partial charge in [0.25, 0.3) is 0 Å². The Kier molecular flexibility index (Phi) is 4.99. The summed E-state index contributed by atoms with van der Waals surface area (Å²) in [5.74, 6) is -0.251. The number of H-pyrrole nitrogens is 1. The minimum atomic E-state index is -3.38. The first-order valence-corrected chi connectivity index (χ1v) is 11.3. The van der Waals surface area contributed by atoms with Crippen LogP contribution in [-0.4, -0.2) is 40.7 Å². The van der Waals surface area contributed by atoms with E-state index >= 15 is 0 Å². The van der Waals surface area contributed by atoms with Gasteiger partial charge in [0.05, 0.1) is 18.4 Å². The Balaban J connectivity index is 0.00000171. The third kappa shape index (κ3) is 4.58. The van der Waals surface area contributed by atoms with Crippen LogP contribution in [0.5, 0.6) is 0 Å². The number of hydrogen-bond acceptors (Lipinski definition) is 7. The van der Waals surface area contributed by atoms with Gasteiger partial charge in [-0.25, -0.2) is 18.4 Å². The number of pyridine rings is 1. The molecule has 0 bridgehead atoms. The van der Waals surface area contributed by atoms with Gasteiger partial charge in [-0.15, -0.1) is 11.3 Å². The summed E-state index contributed by atoms with van der Waals surface area (Å²) in [6, 6.07) is 10.4. The number of nitrogens with zero attached hydrogens (tertiary/aromatic N) is 3. The molecule has 9 nitrogen and oxygen atoms in total. The second-order valence-electron chi connectivity index (χ2n) is 6.31. The average molecular weight is 435 g/mol. The zero-order valence-corrected chi connectivity index (χ0v) is 16.8. The normalized spacial score (nSPS) is 11.5.